The van der Waals surface area contributed by atoms with Crippen LogP contribution in [-0.4, -0.2) is 23.7 Å². The van der Waals surface area contributed by atoms with Gasteiger partial charge in [-0.15, -0.1) is 0 Å². The number of amides is 1. The molecule has 10 heteroatoms. The molecule has 0 saturated carbocycles. The normalized spacial score (nSPS) is 10.7. The molecule has 0 aliphatic heterocycles. The van der Waals surface area contributed by atoms with E-state index in [4.69, 9.17) is 16.3 Å². The SMILES string of the molecule is O=C(COc1ccc(Br)cc1Br)N/N=C/c1cc([N+](=O)[O-])ccc1Cl. The Morgan fingerprint density at radius 3 is 2.76 bits per heavy atom. The van der Waals surface area contributed by atoms with Gasteiger partial charge in [-0.1, -0.05) is 27.5 Å². The maximum Gasteiger partial charge on any atom is 0.277 e. The Bertz CT molecular complexity index is 846. The summed E-state index contributed by atoms with van der Waals surface area (Å²) in [6.07, 6.45) is 1.22. The second kappa shape index (κ2) is 8.93. The zero-order valence-electron chi connectivity index (χ0n) is 12.4. The van der Waals surface area contributed by atoms with Crippen molar-refractivity contribution in [3.05, 3.63) is 66.0 Å². The molecule has 2 aromatic rings. The van der Waals surface area contributed by atoms with E-state index < -0.39 is 10.8 Å². The van der Waals surface area contributed by atoms with Crippen LogP contribution in [0.5, 0.6) is 5.75 Å². The molecule has 1 N–H and O–H groups in total. The smallest absolute Gasteiger partial charge is 0.277 e. The maximum absolute atomic E-state index is 11.7. The summed E-state index contributed by atoms with van der Waals surface area (Å²) < 4.78 is 6.93. The van der Waals surface area contributed by atoms with E-state index >= 15 is 0 Å². The Morgan fingerprint density at radius 1 is 1.32 bits per heavy atom. The van der Waals surface area contributed by atoms with Gasteiger partial charge < -0.3 is 4.74 Å². The summed E-state index contributed by atoms with van der Waals surface area (Å²) in [7, 11) is 0. The maximum atomic E-state index is 11.7. The van der Waals surface area contributed by atoms with Crippen LogP contribution in [0.25, 0.3) is 0 Å². The van der Waals surface area contributed by atoms with Crippen LogP contribution >= 0.6 is 43.5 Å². The van der Waals surface area contributed by atoms with E-state index in [9.17, 15) is 14.9 Å². The summed E-state index contributed by atoms with van der Waals surface area (Å²) in [5.74, 6) is 0.0108. The molecule has 0 unspecified atom stereocenters. The van der Waals surface area contributed by atoms with Crippen molar-refractivity contribution >= 4 is 61.3 Å². The number of carbonyl (C=O) groups excluding carboxylic acids is 1. The lowest BCUT2D eigenvalue weighted by atomic mass is 10.2. The highest BCUT2D eigenvalue weighted by atomic mass is 79.9. The molecule has 0 saturated heterocycles. The average Bonchev–Trinajstić information content (AvgIpc) is 2.55. The van der Waals surface area contributed by atoms with Crippen LogP contribution in [0.15, 0.2) is 50.4 Å². The monoisotopic (exact) mass is 489 g/mol. The van der Waals surface area contributed by atoms with Crippen molar-refractivity contribution in [2.24, 2.45) is 5.10 Å². The van der Waals surface area contributed by atoms with Gasteiger partial charge in [0.15, 0.2) is 6.61 Å². The van der Waals surface area contributed by atoms with E-state index in [0.717, 1.165) is 4.47 Å². The number of non-ortho nitro benzene ring substituents is 1. The molecule has 0 spiro atoms. The average molecular weight is 492 g/mol. The van der Waals surface area contributed by atoms with Crippen molar-refractivity contribution in [1.29, 1.82) is 0 Å². The zero-order chi connectivity index (χ0) is 18.4. The molecular weight excluding hydrogens is 481 g/mol. The third-order valence-electron chi connectivity index (χ3n) is 2.84. The minimum Gasteiger partial charge on any atom is -0.483 e. The molecule has 0 radical (unpaired) electrons. The number of nitrogens with zero attached hydrogens (tertiary/aromatic N) is 2. The van der Waals surface area contributed by atoms with Gasteiger partial charge >= 0.3 is 0 Å². The molecule has 130 valence electrons. The third-order valence-corrected chi connectivity index (χ3v) is 4.29. The minimum atomic E-state index is -0.545. The van der Waals surface area contributed by atoms with E-state index in [1.54, 1.807) is 18.2 Å². The number of halogens is 3. The number of hydrazone groups is 1. The quantitative estimate of drug-likeness (QED) is 0.370. The Hall–Kier alpha value is -1.97. The Balaban J connectivity index is 1.92. The van der Waals surface area contributed by atoms with Gasteiger partial charge in [0.05, 0.1) is 15.6 Å². The van der Waals surface area contributed by atoms with Gasteiger partial charge in [0.25, 0.3) is 11.6 Å². The van der Waals surface area contributed by atoms with Crippen LogP contribution < -0.4 is 10.2 Å². The van der Waals surface area contributed by atoms with Crippen LogP contribution in [0.4, 0.5) is 5.69 Å². The number of nitrogens with one attached hydrogen (secondary N) is 1. The molecular formula is C15H10Br2ClN3O4. The van der Waals surface area contributed by atoms with Crippen molar-refractivity contribution in [2.45, 2.75) is 0 Å². The Morgan fingerprint density at radius 2 is 2.08 bits per heavy atom. The molecule has 2 rings (SSSR count). The van der Waals surface area contributed by atoms with Crippen LogP contribution in [0, 0.1) is 10.1 Å². The first kappa shape index (κ1) is 19.4. The molecule has 7 nitrogen and oxygen atoms in total. The Labute approximate surface area is 164 Å². The lowest BCUT2D eigenvalue weighted by Crippen LogP contribution is -2.24. The molecule has 25 heavy (non-hydrogen) atoms. The van der Waals surface area contributed by atoms with Gasteiger partial charge in [-0.05, 0) is 40.2 Å². The van der Waals surface area contributed by atoms with Gasteiger partial charge in [0.2, 0.25) is 0 Å². The molecule has 0 bridgehead atoms. The topological polar surface area (TPSA) is 93.8 Å². The van der Waals surface area contributed by atoms with Crippen molar-refractivity contribution in [3.63, 3.8) is 0 Å². The van der Waals surface area contributed by atoms with E-state index in [0.29, 0.717) is 15.8 Å². The summed E-state index contributed by atoms with van der Waals surface area (Å²) in [6.45, 7) is -0.250. The van der Waals surface area contributed by atoms with Crippen molar-refractivity contribution in [3.8, 4) is 5.75 Å². The van der Waals surface area contributed by atoms with Crippen LogP contribution in [0.1, 0.15) is 5.56 Å². The summed E-state index contributed by atoms with van der Waals surface area (Å²) in [6, 6.07) is 9.19. The minimum absolute atomic E-state index is 0.124. The van der Waals surface area contributed by atoms with Crippen LogP contribution in [0.2, 0.25) is 5.02 Å². The number of hydrogen-bond donors (Lipinski definition) is 1. The molecule has 0 atom stereocenters. The highest BCUT2D eigenvalue weighted by Gasteiger charge is 2.09. The highest BCUT2D eigenvalue weighted by Crippen LogP contribution is 2.28. The van der Waals surface area contributed by atoms with Crippen LogP contribution in [0.3, 0.4) is 0 Å². The predicted molar refractivity (Wildman–Crippen MR) is 101 cm³/mol. The number of nitro benzene ring substituents is 1. The van der Waals surface area contributed by atoms with Crippen molar-refractivity contribution < 1.29 is 14.5 Å². The number of carbonyl (C=O) groups is 1. The lowest BCUT2D eigenvalue weighted by Gasteiger charge is -2.07. The number of ether oxygens (including phenoxy) is 1. The number of hydrogen-bond acceptors (Lipinski definition) is 5. The first-order valence-corrected chi connectivity index (χ1v) is 8.67. The van der Waals surface area contributed by atoms with Crippen LogP contribution in [-0.2, 0) is 4.79 Å². The van der Waals surface area contributed by atoms with Gasteiger partial charge in [-0.2, -0.15) is 5.10 Å². The fourth-order valence-electron chi connectivity index (χ4n) is 1.69. The number of benzene rings is 2. The molecule has 0 fully saturated rings. The molecule has 0 aromatic heterocycles. The summed E-state index contributed by atoms with van der Waals surface area (Å²) in [5, 5.41) is 14.7. The molecule has 2 aromatic carbocycles. The first-order chi connectivity index (χ1) is 11.9. The number of nitro groups is 1. The van der Waals surface area contributed by atoms with Crippen molar-refractivity contribution in [1.82, 2.24) is 5.43 Å². The highest BCUT2D eigenvalue weighted by molar-refractivity contribution is 9.11. The Kier molecular flexibility index (Phi) is 6.91. The summed E-state index contributed by atoms with van der Waals surface area (Å²) in [4.78, 5) is 21.9. The van der Waals surface area contributed by atoms with E-state index in [-0.39, 0.29) is 17.3 Å². The second-order valence-electron chi connectivity index (χ2n) is 4.62. The van der Waals surface area contributed by atoms with Gasteiger partial charge in [-0.3, -0.25) is 14.9 Å². The first-order valence-electron chi connectivity index (χ1n) is 6.70. The predicted octanol–water partition coefficient (Wildman–Crippen LogP) is 4.30. The molecule has 0 aliphatic rings. The number of rotatable bonds is 6. The van der Waals surface area contributed by atoms with Gasteiger partial charge in [0.1, 0.15) is 5.75 Å². The molecule has 0 aliphatic carbocycles. The second-order valence-corrected chi connectivity index (χ2v) is 6.80. The van der Waals surface area contributed by atoms with Crippen molar-refractivity contribution in [2.75, 3.05) is 6.61 Å². The zero-order valence-corrected chi connectivity index (χ0v) is 16.3. The largest absolute Gasteiger partial charge is 0.483 e. The van der Waals surface area contributed by atoms with E-state index in [2.05, 4.69) is 42.4 Å². The van der Waals surface area contributed by atoms with E-state index in [1.165, 1.54) is 24.4 Å². The van der Waals surface area contributed by atoms with Gasteiger partial charge in [0, 0.05) is 27.2 Å². The fourth-order valence-corrected chi connectivity index (χ4v) is 3.01. The summed E-state index contributed by atoms with van der Waals surface area (Å²) in [5.41, 5.74) is 2.45. The standard InChI is InChI=1S/C15H10Br2ClN3O4/c16-10-1-4-14(12(17)6-10)25-8-15(22)20-19-7-9-5-11(21(23)24)2-3-13(9)18/h1-7H,8H2,(H,20,22)/b19-7+. The van der Waals surface area contributed by atoms with E-state index in [1.807, 2.05) is 0 Å². The lowest BCUT2D eigenvalue weighted by molar-refractivity contribution is -0.384. The molecule has 1 amide bonds. The van der Waals surface area contributed by atoms with Gasteiger partial charge in [-0.25, -0.2) is 5.43 Å². The third kappa shape index (κ3) is 5.80. The fraction of sp³-hybridized carbons (Fsp3) is 0.0667. The summed E-state index contributed by atoms with van der Waals surface area (Å²) >= 11 is 12.6. The molecule has 0 heterocycles.